The second-order valence-electron chi connectivity index (χ2n) is 6.38. The molecule has 0 saturated carbocycles. The summed E-state index contributed by atoms with van der Waals surface area (Å²) in [7, 11) is 0. The molecule has 144 valence electrons. The van der Waals surface area contributed by atoms with Gasteiger partial charge >= 0.3 is 5.97 Å². The van der Waals surface area contributed by atoms with E-state index in [0.717, 1.165) is 18.4 Å². The van der Waals surface area contributed by atoms with Crippen molar-refractivity contribution in [2.24, 2.45) is 5.92 Å². The minimum atomic E-state index is -0.231. The molecular formula is C20H22ClNO4S. The maximum Gasteiger partial charge on any atom is 0.310 e. The molecule has 1 atom stereocenters. The fraction of sp³-hybridized carbons (Fsp3) is 0.400. The molecule has 1 amide bonds. The molecule has 3 rings (SSSR count). The van der Waals surface area contributed by atoms with Gasteiger partial charge < -0.3 is 14.4 Å². The van der Waals surface area contributed by atoms with Gasteiger partial charge in [0.2, 0.25) is 0 Å². The van der Waals surface area contributed by atoms with Crippen LogP contribution >= 0.6 is 22.9 Å². The first kappa shape index (κ1) is 19.7. The molecular weight excluding hydrogens is 386 g/mol. The van der Waals surface area contributed by atoms with Crippen molar-refractivity contribution < 1.29 is 19.1 Å². The molecule has 5 nitrogen and oxygen atoms in total. The molecule has 1 fully saturated rings. The third kappa shape index (κ3) is 5.02. The Hall–Kier alpha value is -2.05. The summed E-state index contributed by atoms with van der Waals surface area (Å²) < 4.78 is 10.8. The van der Waals surface area contributed by atoms with Crippen molar-refractivity contribution in [3.05, 3.63) is 51.2 Å². The first-order valence-corrected chi connectivity index (χ1v) is 10.2. The lowest BCUT2D eigenvalue weighted by Gasteiger charge is -2.31. The summed E-state index contributed by atoms with van der Waals surface area (Å²) in [6.45, 7) is 3.59. The summed E-state index contributed by atoms with van der Waals surface area (Å²) in [4.78, 5) is 27.2. The first-order valence-electron chi connectivity index (χ1n) is 8.99. The summed E-state index contributed by atoms with van der Waals surface area (Å²) in [5.41, 5.74) is 0.919. The number of rotatable bonds is 6. The minimum Gasteiger partial charge on any atom is -0.487 e. The van der Waals surface area contributed by atoms with Crippen LogP contribution in [0.25, 0.3) is 0 Å². The summed E-state index contributed by atoms with van der Waals surface area (Å²) in [5.74, 6) is 0.130. The number of halogens is 1. The van der Waals surface area contributed by atoms with Crippen LogP contribution in [0.5, 0.6) is 5.75 Å². The Morgan fingerprint density at radius 3 is 2.93 bits per heavy atom. The Balaban J connectivity index is 1.59. The molecule has 1 aromatic carbocycles. The molecule has 1 saturated heterocycles. The van der Waals surface area contributed by atoms with Gasteiger partial charge in [-0.1, -0.05) is 23.7 Å². The van der Waals surface area contributed by atoms with Crippen molar-refractivity contribution in [2.45, 2.75) is 26.4 Å². The Morgan fingerprint density at radius 1 is 1.33 bits per heavy atom. The number of carbonyl (C=O) groups excluding carboxylic acids is 2. The highest BCUT2D eigenvalue weighted by atomic mass is 35.5. The molecule has 1 aromatic heterocycles. The van der Waals surface area contributed by atoms with Gasteiger partial charge in [0.15, 0.2) is 0 Å². The van der Waals surface area contributed by atoms with E-state index >= 15 is 0 Å². The highest BCUT2D eigenvalue weighted by Gasteiger charge is 2.30. The molecule has 0 bridgehead atoms. The van der Waals surface area contributed by atoms with Crippen molar-refractivity contribution >= 4 is 34.8 Å². The van der Waals surface area contributed by atoms with Gasteiger partial charge in [-0.2, -0.15) is 0 Å². The second kappa shape index (κ2) is 9.24. The van der Waals surface area contributed by atoms with Crippen LogP contribution in [-0.2, 0) is 16.1 Å². The third-order valence-corrected chi connectivity index (χ3v) is 5.70. The number of nitrogens with zero attached hydrogens (tertiary/aromatic N) is 1. The molecule has 0 N–H and O–H groups in total. The number of carbonyl (C=O) groups is 2. The number of benzene rings is 1. The van der Waals surface area contributed by atoms with E-state index in [1.165, 1.54) is 11.3 Å². The van der Waals surface area contributed by atoms with Crippen molar-refractivity contribution in [1.29, 1.82) is 0 Å². The lowest BCUT2D eigenvalue weighted by atomic mass is 9.98. The number of amides is 1. The van der Waals surface area contributed by atoms with Gasteiger partial charge in [0, 0.05) is 18.7 Å². The number of esters is 1. The van der Waals surface area contributed by atoms with Gasteiger partial charge in [0.25, 0.3) is 5.91 Å². The van der Waals surface area contributed by atoms with Crippen LogP contribution in [0.2, 0.25) is 5.02 Å². The third-order valence-electron chi connectivity index (χ3n) is 4.42. The molecule has 2 heterocycles. The molecule has 1 aliphatic rings. The largest absolute Gasteiger partial charge is 0.487 e. The molecule has 27 heavy (non-hydrogen) atoms. The maximum absolute atomic E-state index is 12.8. The number of hydrogen-bond acceptors (Lipinski definition) is 5. The van der Waals surface area contributed by atoms with Crippen LogP contribution < -0.4 is 4.74 Å². The highest BCUT2D eigenvalue weighted by Crippen LogP contribution is 2.26. The fourth-order valence-electron chi connectivity index (χ4n) is 3.06. The molecule has 0 aliphatic carbocycles. The lowest BCUT2D eigenvalue weighted by molar-refractivity contribution is -0.149. The topological polar surface area (TPSA) is 55.8 Å². The standard InChI is InChI=1S/C20H22ClNO4S/c1-2-25-20(24)15-6-5-9-22(11-15)19(23)18-10-14(13-27-18)12-26-17-8-4-3-7-16(17)21/h3-4,7-8,10,13,15H,2,5-6,9,11-12H2,1H3. The number of piperidine rings is 1. The van der Waals surface area contributed by atoms with Crippen LogP contribution in [0.3, 0.4) is 0 Å². The Morgan fingerprint density at radius 2 is 2.15 bits per heavy atom. The zero-order chi connectivity index (χ0) is 19.2. The SMILES string of the molecule is CCOC(=O)C1CCCN(C(=O)c2cc(COc3ccccc3Cl)cs2)C1. The summed E-state index contributed by atoms with van der Waals surface area (Å²) in [6.07, 6.45) is 1.58. The number of hydrogen-bond donors (Lipinski definition) is 0. The summed E-state index contributed by atoms with van der Waals surface area (Å²) >= 11 is 7.48. The van der Waals surface area contributed by atoms with Crippen molar-refractivity contribution in [3.63, 3.8) is 0 Å². The molecule has 2 aromatic rings. The average Bonchev–Trinajstić information content (AvgIpc) is 3.16. The summed E-state index contributed by atoms with van der Waals surface area (Å²) in [6, 6.07) is 9.14. The smallest absolute Gasteiger partial charge is 0.310 e. The van der Waals surface area contributed by atoms with Crippen molar-refractivity contribution in [1.82, 2.24) is 4.90 Å². The van der Waals surface area contributed by atoms with Gasteiger partial charge in [0.05, 0.1) is 22.4 Å². The van der Waals surface area contributed by atoms with E-state index in [4.69, 9.17) is 21.1 Å². The fourth-order valence-corrected chi connectivity index (χ4v) is 4.11. The average molecular weight is 408 g/mol. The van der Waals surface area contributed by atoms with E-state index in [1.54, 1.807) is 17.9 Å². The highest BCUT2D eigenvalue weighted by molar-refractivity contribution is 7.12. The number of thiophene rings is 1. The minimum absolute atomic E-state index is 0.0435. The van der Waals surface area contributed by atoms with E-state index in [0.29, 0.717) is 42.0 Å². The molecule has 0 spiro atoms. The Labute approximate surface area is 167 Å². The monoisotopic (exact) mass is 407 g/mol. The predicted molar refractivity (Wildman–Crippen MR) is 105 cm³/mol. The number of para-hydroxylation sites is 1. The first-order chi connectivity index (χ1) is 13.1. The molecule has 1 aliphatic heterocycles. The Bertz CT molecular complexity index is 807. The number of ether oxygens (including phenoxy) is 2. The van der Waals surface area contributed by atoms with Gasteiger partial charge in [-0.25, -0.2) is 0 Å². The van der Waals surface area contributed by atoms with Crippen LogP contribution in [0.15, 0.2) is 35.7 Å². The van der Waals surface area contributed by atoms with Crippen LogP contribution in [0.4, 0.5) is 0 Å². The lowest BCUT2D eigenvalue weighted by Crippen LogP contribution is -2.42. The predicted octanol–water partition coefficient (Wildman–Crippen LogP) is 4.40. The van der Waals surface area contributed by atoms with Gasteiger partial charge in [-0.05, 0) is 43.3 Å². The maximum atomic E-state index is 12.8. The van der Waals surface area contributed by atoms with E-state index < -0.39 is 0 Å². The van der Waals surface area contributed by atoms with Gasteiger partial charge in [-0.3, -0.25) is 9.59 Å². The quantitative estimate of drug-likeness (QED) is 0.666. The zero-order valence-electron chi connectivity index (χ0n) is 15.2. The van der Waals surface area contributed by atoms with Crippen molar-refractivity contribution in [2.75, 3.05) is 19.7 Å². The van der Waals surface area contributed by atoms with E-state index in [1.807, 2.05) is 29.6 Å². The molecule has 7 heteroatoms. The van der Waals surface area contributed by atoms with Crippen LogP contribution in [-0.4, -0.2) is 36.5 Å². The molecule has 0 radical (unpaired) electrons. The van der Waals surface area contributed by atoms with E-state index in [-0.39, 0.29) is 17.8 Å². The van der Waals surface area contributed by atoms with Crippen LogP contribution in [0, 0.1) is 5.92 Å². The zero-order valence-corrected chi connectivity index (χ0v) is 16.7. The number of likely N-dealkylation sites (tertiary alicyclic amines) is 1. The second-order valence-corrected chi connectivity index (χ2v) is 7.70. The van der Waals surface area contributed by atoms with E-state index in [9.17, 15) is 9.59 Å². The van der Waals surface area contributed by atoms with Crippen LogP contribution in [0.1, 0.15) is 35.0 Å². The Kier molecular flexibility index (Phi) is 6.74. The molecule has 1 unspecified atom stereocenters. The van der Waals surface area contributed by atoms with Crippen molar-refractivity contribution in [3.8, 4) is 5.75 Å². The van der Waals surface area contributed by atoms with E-state index in [2.05, 4.69) is 0 Å². The van der Waals surface area contributed by atoms with Gasteiger partial charge in [-0.15, -0.1) is 11.3 Å². The summed E-state index contributed by atoms with van der Waals surface area (Å²) in [5, 5.41) is 2.47. The normalized spacial score (nSPS) is 16.8. The van der Waals surface area contributed by atoms with Gasteiger partial charge in [0.1, 0.15) is 12.4 Å².